The van der Waals surface area contributed by atoms with E-state index in [1.54, 1.807) is 17.4 Å². The number of halogens is 2. The molecule has 0 saturated heterocycles. The molecule has 0 fully saturated rings. The Bertz CT molecular complexity index is 902. The molecule has 0 aliphatic carbocycles. The van der Waals surface area contributed by atoms with Gasteiger partial charge in [-0.05, 0) is 24.3 Å². The molecule has 0 amide bonds. The fraction of sp³-hybridized carbons (Fsp3) is 0.133. The predicted molar refractivity (Wildman–Crippen MR) is 95.0 cm³/mol. The summed E-state index contributed by atoms with van der Waals surface area (Å²) in [5.74, 6) is 0. The highest BCUT2D eigenvalue weighted by Crippen LogP contribution is 2.28. The molecule has 0 aliphatic heterocycles. The van der Waals surface area contributed by atoms with E-state index >= 15 is 0 Å². The van der Waals surface area contributed by atoms with Crippen molar-refractivity contribution >= 4 is 54.8 Å². The number of sulfonamides is 1. The van der Waals surface area contributed by atoms with E-state index in [1.807, 2.05) is 24.3 Å². The number of rotatable bonds is 5. The fourth-order valence-electron chi connectivity index (χ4n) is 2.13. The smallest absolute Gasteiger partial charge is 0.241 e. The number of nitrogens with one attached hydrogen (secondary N) is 1. The third-order valence-electron chi connectivity index (χ3n) is 3.16. The number of hydrogen-bond donors (Lipinski definition) is 1. The van der Waals surface area contributed by atoms with Gasteiger partial charge in [-0.25, -0.2) is 18.1 Å². The monoisotopic (exact) mass is 386 g/mol. The topological polar surface area (TPSA) is 59.1 Å². The molecule has 3 aromatic rings. The summed E-state index contributed by atoms with van der Waals surface area (Å²) in [5.41, 5.74) is 0.921. The van der Waals surface area contributed by atoms with Crippen molar-refractivity contribution in [2.24, 2.45) is 0 Å². The molecule has 0 bridgehead atoms. The maximum atomic E-state index is 12.3. The molecule has 120 valence electrons. The minimum Gasteiger partial charge on any atom is -0.241 e. The number of hydrogen-bond acceptors (Lipinski definition) is 4. The second-order valence-electron chi connectivity index (χ2n) is 4.77. The molecular weight excluding hydrogens is 375 g/mol. The van der Waals surface area contributed by atoms with Gasteiger partial charge in [0.25, 0.3) is 0 Å². The Hall–Kier alpha value is -1.18. The lowest BCUT2D eigenvalue weighted by molar-refractivity contribution is 0.581. The van der Waals surface area contributed by atoms with Crippen LogP contribution in [-0.2, 0) is 16.4 Å². The summed E-state index contributed by atoms with van der Waals surface area (Å²) in [6.45, 7) is 0.226. The molecule has 0 saturated carbocycles. The Labute approximate surface area is 148 Å². The summed E-state index contributed by atoms with van der Waals surface area (Å²) in [7, 11) is -3.76. The van der Waals surface area contributed by atoms with Gasteiger partial charge in [0, 0.05) is 13.0 Å². The zero-order chi connectivity index (χ0) is 16.4. The lowest BCUT2D eigenvalue weighted by atomic mass is 10.3. The van der Waals surface area contributed by atoms with Crippen molar-refractivity contribution < 1.29 is 8.42 Å². The van der Waals surface area contributed by atoms with Crippen LogP contribution in [-0.4, -0.2) is 19.9 Å². The number of aromatic nitrogens is 1. The van der Waals surface area contributed by atoms with Crippen LogP contribution in [0.1, 0.15) is 5.01 Å². The first-order valence-electron chi connectivity index (χ1n) is 6.75. The second kappa shape index (κ2) is 6.75. The number of fused-ring (bicyclic) bond motifs is 1. The van der Waals surface area contributed by atoms with Gasteiger partial charge in [-0.1, -0.05) is 41.4 Å². The van der Waals surface area contributed by atoms with Gasteiger partial charge in [0.1, 0.15) is 4.90 Å². The Balaban J connectivity index is 1.72. The van der Waals surface area contributed by atoms with Gasteiger partial charge in [-0.2, -0.15) is 0 Å². The van der Waals surface area contributed by atoms with Crippen LogP contribution in [0, 0.1) is 0 Å². The van der Waals surface area contributed by atoms with Crippen molar-refractivity contribution in [2.45, 2.75) is 11.3 Å². The summed E-state index contributed by atoms with van der Waals surface area (Å²) in [5, 5.41) is 1.08. The van der Waals surface area contributed by atoms with Gasteiger partial charge in [-0.3, -0.25) is 0 Å². The highest BCUT2D eigenvalue weighted by Gasteiger charge is 2.21. The molecule has 0 spiro atoms. The van der Waals surface area contributed by atoms with Gasteiger partial charge >= 0.3 is 0 Å². The van der Waals surface area contributed by atoms with Crippen molar-refractivity contribution in [3.63, 3.8) is 0 Å². The van der Waals surface area contributed by atoms with E-state index in [4.69, 9.17) is 23.2 Å². The molecular formula is C15H12Cl2N2O2S2. The number of benzene rings is 2. The number of para-hydroxylation sites is 1. The molecule has 3 rings (SSSR count). The van der Waals surface area contributed by atoms with Crippen LogP contribution >= 0.6 is 34.5 Å². The summed E-state index contributed by atoms with van der Waals surface area (Å²) >= 11 is 13.5. The third kappa shape index (κ3) is 3.67. The Morgan fingerprint density at radius 2 is 1.74 bits per heavy atom. The van der Waals surface area contributed by atoms with Gasteiger partial charge in [0.15, 0.2) is 0 Å². The van der Waals surface area contributed by atoms with Crippen LogP contribution in [0.25, 0.3) is 10.2 Å². The maximum Gasteiger partial charge on any atom is 0.243 e. The molecule has 0 atom stereocenters. The molecule has 23 heavy (non-hydrogen) atoms. The normalized spacial score (nSPS) is 11.9. The van der Waals surface area contributed by atoms with E-state index in [9.17, 15) is 8.42 Å². The van der Waals surface area contributed by atoms with Crippen molar-refractivity contribution in [2.75, 3.05) is 6.54 Å². The zero-order valence-corrected chi connectivity index (χ0v) is 14.9. The largest absolute Gasteiger partial charge is 0.243 e. The van der Waals surface area contributed by atoms with Crippen molar-refractivity contribution in [3.05, 3.63) is 57.5 Å². The molecule has 1 aromatic heterocycles. The third-order valence-corrected chi connectivity index (χ3v) is 6.67. The highest BCUT2D eigenvalue weighted by molar-refractivity contribution is 7.89. The van der Waals surface area contributed by atoms with E-state index in [-0.39, 0.29) is 21.5 Å². The minimum atomic E-state index is -3.76. The average Bonchev–Trinajstić information content (AvgIpc) is 2.89. The highest BCUT2D eigenvalue weighted by atomic mass is 35.5. The standard InChI is InChI=1S/C15H12Cl2N2O2S2/c16-10-4-3-5-11(17)15(10)23(20,21)18-9-8-14-19-12-6-1-2-7-13(12)22-14/h1-7,18H,8-9H2. The van der Waals surface area contributed by atoms with E-state index in [2.05, 4.69) is 9.71 Å². The molecule has 4 nitrogen and oxygen atoms in total. The maximum absolute atomic E-state index is 12.3. The van der Waals surface area contributed by atoms with Crippen molar-refractivity contribution in [3.8, 4) is 0 Å². The predicted octanol–water partition coefficient (Wildman–Crippen LogP) is 4.12. The van der Waals surface area contributed by atoms with Crippen LogP contribution in [0.2, 0.25) is 10.0 Å². The van der Waals surface area contributed by atoms with Crippen molar-refractivity contribution in [1.82, 2.24) is 9.71 Å². The van der Waals surface area contributed by atoms with E-state index in [0.29, 0.717) is 6.42 Å². The molecule has 0 aliphatic rings. The quantitative estimate of drug-likeness (QED) is 0.716. The van der Waals surface area contributed by atoms with Gasteiger partial charge in [-0.15, -0.1) is 11.3 Å². The van der Waals surface area contributed by atoms with Crippen LogP contribution in [0.3, 0.4) is 0 Å². The Kier molecular flexibility index (Phi) is 4.89. The van der Waals surface area contributed by atoms with Gasteiger partial charge in [0.05, 0.1) is 25.3 Å². The fourth-order valence-corrected chi connectivity index (χ4v) is 5.27. The van der Waals surface area contributed by atoms with Crippen LogP contribution in [0.15, 0.2) is 47.4 Å². The molecule has 0 unspecified atom stereocenters. The van der Waals surface area contributed by atoms with Crippen LogP contribution in [0.4, 0.5) is 0 Å². The summed E-state index contributed by atoms with van der Waals surface area (Å²) in [4.78, 5) is 4.38. The van der Waals surface area contributed by atoms with Crippen LogP contribution < -0.4 is 4.72 Å². The molecule has 0 radical (unpaired) electrons. The molecule has 2 aromatic carbocycles. The SMILES string of the molecule is O=S(=O)(NCCc1nc2ccccc2s1)c1c(Cl)cccc1Cl. The lowest BCUT2D eigenvalue weighted by Gasteiger charge is -2.09. The van der Waals surface area contributed by atoms with E-state index in [0.717, 1.165) is 15.2 Å². The first-order chi connectivity index (χ1) is 11.0. The summed E-state index contributed by atoms with van der Waals surface area (Å²) in [6, 6.07) is 12.4. The van der Waals surface area contributed by atoms with Gasteiger partial charge in [0.2, 0.25) is 10.0 Å². The Morgan fingerprint density at radius 3 is 2.43 bits per heavy atom. The van der Waals surface area contributed by atoms with E-state index < -0.39 is 10.0 Å². The molecule has 1 heterocycles. The second-order valence-corrected chi connectivity index (χ2v) is 8.41. The number of nitrogens with zero attached hydrogens (tertiary/aromatic N) is 1. The van der Waals surface area contributed by atoms with E-state index in [1.165, 1.54) is 12.1 Å². The average molecular weight is 387 g/mol. The first-order valence-corrected chi connectivity index (χ1v) is 9.81. The minimum absolute atomic E-state index is 0.0902. The first kappa shape index (κ1) is 16.7. The molecule has 1 N–H and O–H groups in total. The number of thiazole rings is 1. The summed E-state index contributed by atoms with van der Waals surface area (Å²) in [6.07, 6.45) is 0.501. The Morgan fingerprint density at radius 1 is 1.04 bits per heavy atom. The van der Waals surface area contributed by atoms with Gasteiger partial charge < -0.3 is 0 Å². The lowest BCUT2D eigenvalue weighted by Crippen LogP contribution is -2.26. The summed E-state index contributed by atoms with van der Waals surface area (Å²) < 4.78 is 28.3. The van der Waals surface area contributed by atoms with Crippen LogP contribution in [0.5, 0.6) is 0 Å². The van der Waals surface area contributed by atoms with Crippen molar-refractivity contribution in [1.29, 1.82) is 0 Å². The molecule has 8 heteroatoms. The zero-order valence-electron chi connectivity index (χ0n) is 11.8.